The summed E-state index contributed by atoms with van der Waals surface area (Å²) in [5, 5.41) is 8.10. The van der Waals surface area contributed by atoms with Crippen molar-refractivity contribution in [3.8, 4) is 0 Å². The molecule has 0 fully saturated rings. The van der Waals surface area contributed by atoms with E-state index in [0.29, 0.717) is 5.17 Å². The van der Waals surface area contributed by atoms with Gasteiger partial charge in [-0.25, -0.2) is 0 Å². The highest BCUT2D eigenvalue weighted by Crippen LogP contribution is 2.00. The van der Waals surface area contributed by atoms with E-state index in [9.17, 15) is 0 Å². The van der Waals surface area contributed by atoms with Gasteiger partial charge in [-0.3, -0.25) is 0 Å². The third kappa shape index (κ3) is 6.37. The molecule has 0 unspecified atom stereocenters. The van der Waals surface area contributed by atoms with Gasteiger partial charge in [0.25, 0.3) is 0 Å². The third-order valence-electron chi connectivity index (χ3n) is 1.75. The maximum atomic E-state index is 5.58. The van der Waals surface area contributed by atoms with Gasteiger partial charge in [-0.2, -0.15) is 5.10 Å². The number of nitrogens with two attached hydrogens (primary N) is 1. The van der Waals surface area contributed by atoms with Crippen LogP contribution in [0, 0.1) is 0 Å². The van der Waals surface area contributed by atoms with Crippen molar-refractivity contribution in [1.82, 2.24) is 0 Å². The summed E-state index contributed by atoms with van der Waals surface area (Å²) < 4.78 is 0. The quantitative estimate of drug-likeness (QED) is 0.375. The van der Waals surface area contributed by atoms with Gasteiger partial charge in [0.05, 0.1) is 0 Å². The summed E-state index contributed by atoms with van der Waals surface area (Å²) in [4.78, 5) is 0. The third-order valence-corrected chi connectivity index (χ3v) is 2.53. The van der Waals surface area contributed by atoms with E-state index >= 15 is 0 Å². The summed E-state index contributed by atoms with van der Waals surface area (Å²) in [6, 6.07) is 9.98. The number of hydrogen-bond donors (Lipinski definition) is 1. The number of thioether (sulfide) groups is 1. The minimum atomic E-state index is 0.439. The van der Waals surface area contributed by atoms with Crippen molar-refractivity contribution in [3.05, 3.63) is 54.6 Å². The Labute approximate surface area is 106 Å². The Morgan fingerprint density at radius 1 is 1.35 bits per heavy atom. The van der Waals surface area contributed by atoms with Crippen LogP contribution in [0.15, 0.2) is 59.3 Å². The maximum absolute atomic E-state index is 5.58. The Bertz CT molecular complexity index is 422. The van der Waals surface area contributed by atoms with Gasteiger partial charge in [0.1, 0.15) is 0 Å². The Hall–Kier alpha value is -1.81. The second-order valence-corrected chi connectivity index (χ2v) is 4.11. The Balaban J connectivity index is 2.40. The summed E-state index contributed by atoms with van der Waals surface area (Å²) in [6.45, 7) is 3.59. The highest BCUT2D eigenvalue weighted by molar-refractivity contribution is 8.13. The monoisotopic (exact) mass is 245 g/mol. The van der Waals surface area contributed by atoms with Crippen LogP contribution < -0.4 is 5.73 Å². The molecule has 0 atom stereocenters. The van der Waals surface area contributed by atoms with E-state index in [2.05, 4.69) is 16.8 Å². The van der Waals surface area contributed by atoms with E-state index in [1.54, 1.807) is 12.3 Å². The molecule has 0 saturated carbocycles. The molecule has 88 valence electrons. The second kappa shape index (κ2) is 8.35. The molecule has 0 bridgehead atoms. The molecular weight excluding hydrogens is 230 g/mol. The fourth-order valence-corrected chi connectivity index (χ4v) is 1.41. The molecule has 0 radical (unpaired) electrons. The van der Waals surface area contributed by atoms with Crippen LogP contribution in [0.4, 0.5) is 0 Å². The van der Waals surface area contributed by atoms with Gasteiger partial charge in [0.2, 0.25) is 0 Å². The molecule has 0 aliphatic carbocycles. The molecule has 1 rings (SSSR count). The van der Waals surface area contributed by atoms with Crippen LogP contribution in [0.1, 0.15) is 5.56 Å². The molecular formula is C13H15N3S. The zero-order valence-electron chi connectivity index (χ0n) is 9.49. The Morgan fingerprint density at radius 2 is 2.12 bits per heavy atom. The van der Waals surface area contributed by atoms with Crippen molar-refractivity contribution >= 4 is 29.2 Å². The van der Waals surface area contributed by atoms with Gasteiger partial charge in [0, 0.05) is 12.0 Å². The van der Waals surface area contributed by atoms with E-state index in [4.69, 9.17) is 5.73 Å². The highest BCUT2D eigenvalue weighted by Gasteiger charge is 1.87. The lowest BCUT2D eigenvalue weighted by Crippen LogP contribution is -2.05. The van der Waals surface area contributed by atoms with Crippen molar-refractivity contribution in [1.29, 1.82) is 0 Å². The Morgan fingerprint density at radius 3 is 2.82 bits per heavy atom. The minimum absolute atomic E-state index is 0.439. The molecule has 3 nitrogen and oxygen atoms in total. The van der Waals surface area contributed by atoms with Crippen LogP contribution in [0.2, 0.25) is 0 Å². The first-order valence-corrected chi connectivity index (χ1v) is 6.13. The van der Waals surface area contributed by atoms with Gasteiger partial charge < -0.3 is 5.73 Å². The number of nitrogens with zero attached hydrogens (tertiary/aromatic N) is 2. The zero-order chi connectivity index (χ0) is 12.3. The van der Waals surface area contributed by atoms with Crippen molar-refractivity contribution in [2.24, 2.45) is 15.9 Å². The lowest BCUT2D eigenvalue weighted by atomic mass is 10.2. The lowest BCUT2D eigenvalue weighted by Gasteiger charge is -1.91. The molecule has 0 saturated heterocycles. The number of hydrogen-bond acceptors (Lipinski definition) is 3. The molecule has 0 aromatic heterocycles. The SMILES string of the molecule is C=CCS/C(N)=N\N=CC=Cc1ccccc1. The first-order valence-electron chi connectivity index (χ1n) is 5.15. The number of allylic oxidation sites excluding steroid dienone is 1. The molecule has 0 aliphatic heterocycles. The molecule has 2 N–H and O–H groups in total. The van der Waals surface area contributed by atoms with Crippen molar-refractivity contribution in [2.45, 2.75) is 0 Å². The average Bonchev–Trinajstić information content (AvgIpc) is 2.37. The second-order valence-electron chi connectivity index (χ2n) is 3.07. The molecule has 1 aromatic carbocycles. The topological polar surface area (TPSA) is 50.7 Å². The first-order chi connectivity index (χ1) is 8.33. The largest absolute Gasteiger partial charge is 0.377 e. The summed E-state index contributed by atoms with van der Waals surface area (Å²) >= 11 is 1.40. The molecule has 1 aromatic rings. The van der Waals surface area contributed by atoms with Gasteiger partial charge in [-0.15, -0.1) is 11.7 Å². The van der Waals surface area contributed by atoms with Gasteiger partial charge in [0.15, 0.2) is 5.17 Å². The van der Waals surface area contributed by atoms with E-state index in [1.807, 2.05) is 42.5 Å². The van der Waals surface area contributed by atoms with Gasteiger partial charge in [-0.1, -0.05) is 54.2 Å². The van der Waals surface area contributed by atoms with Crippen LogP contribution in [-0.4, -0.2) is 17.1 Å². The smallest absolute Gasteiger partial charge is 0.180 e. The summed E-state index contributed by atoms with van der Waals surface area (Å²) in [7, 11) is 0. The van der Waals surface area contributed by atoms with E-state index < -0.39 is 0 Å². The zero-order valence-corrected chi connectivity index (χ0v) is 10.3. The predicted molar refractivity (Wildman–Crippen MR) is 78.2 cm³/mol. The molecule has 4 heteroatoms. The maximum Gasteiger partial charge on any atom is 0.180 e. The molecule has 0 heterocycles. The van der Waals surface area contributed by atoms with Crippen molar-refractivity contribution < 1.29 is 0 Å². The lowest BCUT2D eigenvalue weighted by molar-refractivity contribution is 1.25. The first kappa shape index (κ1) is 13.3. The van der Waals surface area contributed by atoms with E-state index in [1.165, 1.54) is 11.8 Å². The Kier molecular flexibility index (Phi) is 6.51. The normalized spacial score (nSPS) is 12.4. The fraction of sp³-hybridized carbons (Fsp3) is 0.0769. The minimum Gasteiger partial charge on any atom is -0.377 e. The van der Waals surface area contributed by atoms with Crippen LogP contribution in [0.5, 0.6) is 0 Å². The number of amidine groups is 1. The molecule has 0 amide bonds. The van der Waals surface area contributed by atoms with E-state index in [-0.39, 0.29) is 0 Å². The molecule has 17 heavy (non-hydrogen) atoms. The van der Waals surface area contributed by atoms with Crippen LogP contribution in [0.3, 0.4) is 0 Å². The van der Waals surface area contributed by atoms with Crippen molar-refractivity contribution in [2.75, 3.05) is 5.75 Å². The number of rotatable bonds is 5. The van der Waals surface area contributed by atoms with Crippen LogP contribution in [0.25, 0.3) is 6.08 Å². The highest BCUT2D eigenvalue weighted by atomic mass is 32.2. The van der Waals surface area contributed by atoms with Crippen LogP contribution in [-0.2, 0) is 0 Å². The summed E-state index contributed by atoms with van der Waals surface area (Å²) in [5.74, 6) is 0.741. The van der Waals surface area contributed by atoms with Crippen LogP contribution >= 0.6 is 11.8 Å². The standard InChI is InChI=1S/C13H15N3S/c1-2-11-17-13(14)16-15-10-6-9-12-7-4-3-5-8-12/h2-10H,1,11H2,(H2,14,16). The average molecular weight is 245 g/mol. The fourth-order valence-electron chi connectivity index (χ4n) is 1.02. The summed E-state index contributed by atoms with van der Waals surface area (Å²) in [5.41, 5.74) is 6.70. The number of benzene rings is 1. The summed E-state index contributed by atoms with van der Waals surface area (Å²) in [6.07, 6.45) is 7.15. The molecule has 0 aliphatic rings. The molecule has 0 spiro atoms. The van der Waals surface area contributed by atoms with E-state index in [0.717, 1.165) is 11.3 Å². The van der Waals surface area contributed by atoms with Gasteiger partial charge >= 0.3 is 0 Å². The van der Waals surface area contributed by atoms with Gasteiger partial charge in [-0.05, 0) is 11.6 Å². The predicted octanol–water partition coefficient (Wildman–Crippen LogP) is 2.92. The van der Waals surface area contributed by atoms with Crippen molar-refractivity contribution in [3.63, 3.8) is 0 Å².